The molecule has 0 aliphatic carbocycles. The van der Waals surface area contributed by atoms with E-state index in [-0.39, 0.29) is 5.82 Å². The van der Waals surface area contributed by atoms with Crippen LogP contribution in [0.5, 0.6) is 0 Å². The van der Waals surface area contributed by atoms with Crippen molar-refractivity contribution >= 4 is 12.0 Å². The van der Waals surface area contributed by atoms with E-state index in [0.29, 0.717) is 6.61 Å². The standard InChI is InChI=1S/C14H13FN2O2/c1-2-19-13(18)8-5-11-9-16-17-14(11)10-3-6-12(15)7-4-10/h3-9H,2H2,1H3,(H,16,17). The number of aromatic amines is 1. The smallest absolute Gasteiger partial charge is 0.330 e. The Hall–Kier alpha value is -2.43. The maximum atomic E-state index is 12.9. The van der Waals surface area contributed by atoms with E-state index in [4.69, 9.17) is 4.74 Å². The summed E-state index contributed by atoms with van der Waals surface area (Å²) in [6.07, 6.45) is 4.54. The van der Waals surface area contributed by atoms with Crippen molar-refractivity contribution in [3.63, 3.8) is 0 Å². The van der Waals surface area contributed by atoms with Crippen LogP contribution in [0.15, 0.2) is 36.5 Å². The number of esters is 1. The number of hydrogen-bond acceptors (Lipinski definition) is 3. The highest BCUT2D eigenvalue weighted by Crippen LogP contribution is 2.22. The predicted octanol–water partition coefficient (Wildman–Crippen LogP) is 2.79. The van der Waals surface area contributed by atoms with Crippen LogP contribution in [-0.4, -0.2) is 22.8 Å². The normalized spacial score (nSPS) is 10.8. The van der Waals surface area contributed by atoms with Crippen LogP contribution in [0.4, 0.5) is 4.39 Å². The molecule has 98 valence electrons. The topological polar surface area (TPSA) is 55.0 Å². The number of ether oxygens (including phenoxy) is 1. The molecule has 4 nitrogen and oxygen atoms in total. The number of aromatic nitrogens is 2. The van der Waals surface area contributed by atoms with Gasteiger partial charge in [0.2, 0.25) is 0 Å². The fourth-order valence-electron chi connectivity index (χ4n) is 1.62. The molecule has 0 atom stereocenters. The zero-order valence-corrected chi connectivity index (χ0v) is 10.4. The highest BCUT2D eigenvalue weighted by atomic mass is 19.1. The molecule has 19 heavy (non-hydrogen) atoms. The predicted molar refractivity (Wildman–Crippen MR) is 69.6 cm³/mol. The molecule has 1 heterocycles. The van der Waals surface area contributed by atoms with E-state index >= 15 is 0 Å². The summed E-state index contributed by atoms with van der Waals surface area (Å²) >= 11 is 0. The first-order valence-corrected chi connectivity index (χ1v) is 5.85. The molecule has 1 aromatic heterocycles. The average Bonchev–Trinajstić information content (AvgIpc) is 2.86. The summed E-state index contributed by atoms with van der Waals surface area (Å²) in [5.74, 6) is -0.708. The molecule has 0 bridgehead atoms. The quantitative estimate of drug-likeness (QED) is 0.679. The minimum Gasteiger partial charge on any atom is -0.463 e. The maximum absolute atomic E-state index is 12.9. The highest BCUT2D eigenvalue weighted by Gasteiger charge is 2.06. The van der Waals surface area contributed by atoms with Gasteiger partial charge in [0.05, 0.1) is 18.5 Å². The van der Waals surface area contributed by atoms with Gasteiger partial charge in [-0.05, 0) is 37.3 Å². The Morgan fingerprint density at radius 3 is 2.84 bits per heavy atom. The minimum atomic E-state index is -0.409. The number of benzene rings is 1. The van der Waals surface area contributed by atoms with Gasteiger partial charge in [-0.3, -0.25) is 5.10 Å². The fraction of sp³-hybridized carbons (Fsp3) is 0.143. The molecule has 0 aliphatic heterocycles. The van der Waals surface area contributed by atoms with Crippen molar-refractivity contribution in [3.05, 3.63) is 47.9 Å². The molecule has 0 spiro atoms. The number of carbonyl (C=O) groups excluding carboxylic acids is 1. The lowest BCUT2D eigenvalue weighted by Crippen LogP contribution is -1.98. The Balaban J connectivity index is 2.22. The molecule has 0 radical (unpaired) electrons. The summed E-state index contributed by atoms with van der Waals surface area (Å²) in [7, 11) is 0. The van der Waals surface area contributed by atoms with Gasteiger partial charge < -0.3 is 4.74 Å². The lowest BCUT2D eigenvalue weighted by Gasteiger charge is -1.99. The van der Waals surface area contributed by atoms with Crippen molar-refractivity contribution in [3.8, 4) is 11.3 Å². The van der Waals surface area contributed by atoms with E-state index in [1.54, 1.807) is 31.3 Å². The van der Waals surface area contributed by atoms with E-state index in [1.807, 2.05) is 0 Å². The molecule has 0 fully saturated rings. The number of rotatable bonds is 4. The van der Waals surface area contributed by atoms with E-state index in [1.165, 1.54) is 18.2 Å². The third kappa shape index (κ3) is 3.28. The molecular weight excluding hydrogens is 247 g/mol. The second kappa shape index (κ2) is 5.95. The monoisotopic (exact) mass is 260 g/mol. The molecular formula is C14H13FN2O2. The number of hydrogen-bond donors (Lipinski definition) is 1. The number of halogens is 1. The number of carbonyl (C=O) groups is 1. The van der Waals surface area contributed by atoms with Crippen molar-refractivity contribution in [2.24, 2.45) is 0 Å². The lowest BCUT2D eigenvalue weighted by atomic mass is 10.1. The third-order valence-corrected chi connectivity index (χ3v) is 2.49. The average molecular weight is 260 g/mol. The number of nitrogens with zero attached hydrogens (tertiary/aromatic N) is 1. The van der Waals surface area contributed by atoms with Crippen LogP contribution < -0.4 is 0 Å². The van der Waals surface area contributed by atoms with Gasteiger partial charge in [-0.2, -0.15) is 5.10 Å². The Morgan fingerprint density at radius 1 is 1.42 bits per heavy atom. The van der Waals surface area contributed by atoms with Crippen LogP contribution in [-0.2, 0) is 9.53 Å². The van der Waals surface area contributed by atoms with Gasteiger partial charge >= 0.3 is 5.97 Å². The summed E-state index contributed by atoms with van der Waals surface area (Å²) < 4.78 is 17.7. The van der Waals surface area contributed by atoms with Gasteiger partial charge in [0.25, 0.3) is 0 Å². The minimum absolute atomic E-state index is 0.299. The van der Waals surface area contributed by atoms with Gasteiger partial charge in [0.1, 0.15) is 5.82 Å². The summed E-state index contributed by atoms with van der Waals surface area (Å²) in [5, 5.41) is 6.74. The summed E-state index contributed by atoms with van der Waals surface area (Å²) in [6, 6.07) is 6.03. The summed E-state index contributed by atoms with van der Waals surface area (Å²) in [4.78, 5) is 11.2. The SMILES string of the molecule is CCOC(=O)C=Cc1cn[nH]c1-c1ccc(F)cc1. The van der Waals surface area contributed by atoms with Crippen molar-refractivity contribution in [1.29, 1.82) is 0 Å². The van der Waals surface area contributed by atoms with Gasteiger partial charge in [-0.1, -0.05) is 0 Å². The van der Waals surface area contributed by atoms with Gasteiger partial charge in [0, 0.05) is 17.2 Å². The van der Waals surface area contributed by atoms with Crippen molar-refractivity contribution in [2.75, 3.05) is 6.61 Å². The second-order valence-corrected chi connectivity index (χ2v) is 3.79. The van der Waals surface area contributed by atoms with Crippen LogP contribution in [0.1, 0.15) is 12.5 Å². The molecule has 2 aromatic rings. The van der Waals surface area contributed by atoms with Gasteiger partial charge in [-0.25, -0.2) is 9.18 Å². The third-order valence-electron chi connectivity index (χ3n) is 2.49. The second-order valence-electron chi connectivity index (χ2n) is 3.79. The first kappa shape index (κ1) is 13.0. The number of H-pyrrole nitrogens is 1. The molecule has 0 saturated heterocycles. The first-order chi connectivity index (χ1) is 9.20. The van der Waals surface area contributed by atoms with Crippen molar-refractivity contribution in [2.45, 2.75) is 6.92 Å². The zero-order valence-electron chi connectivity index (χ0n) is 10.4. The van der Waals surface area contributed by atoms with E-state index in [9.17, 15) is 9.18 Å². The number of nitrogens with one attached hydrogen (secondary N) is 1. The Kier molecular flexibility index (Phi) is 4.07. The maximum Gasteiger partial charge on any atom is 0.330 e. The molecule has 1 N–H and O–H groups in total. The van der Waals surface area contributed by atoms with Gasteiger partial charge in [-0.15, -0.1) is 0 Å². The highest BCUT2D eigenvalue weighted by molar-refractivity contribution is 5.88. The Morgan fingerprint density at radius 2 is 2.16 bits per heavy atom. The molecule has 2 rings (SSSR count). The van der Waals surface area contributed by atoms with E-state index in [2.05, 4.69) is 10.2 Å². The summed E-state index contributed by atoms with van der Waals surface area (Å²) in [5.41, 5.74) is 2.25. The Bertz CT molecular complexity index is 588. The van der Waals surface area contributed by atoms with E-state index < -0.39 is 5.97 Å². The molecule has 1 aromatic carbocycles. The zero-order chi connectivity index (χ0) is 13.7. The molecule has 0 saturated carbocycles. The molecule has 0 aliphatic rings. The molecule has 0 unspecified atom stereocenters. The van der Waals surface area contributed by atoms with Crippen molar-refractivity contribution in [1.82, 2.24) is 10.2 Å². The van der Waals surface area contributed by atoms with E-state index in [0.717, 1.165) is 16.8 Å². The lowest BCUT2D eigenvalue weighted by molar-refractivity contribution is -0.137. The van der Waals surface area contributed by atoms with Gasteiger partial charge in [0.15, 0.2) is 0 Å². The molecule has 0 amide bonds. The largest absolute Gasteiger partial charge is 0.463 e. The van der Waals surface area contributed by atoms with Crippen molar-refractivity contribution < 1.29 is 13.9 Å². The summed E-state index contributed by atoms with van der Waals surface area (Å²) in [6.45, 7) is 2.08. The van der Waals surface area contributed by atoms with Crippen LogP contribution in [0.3, 0.4) is 0 Å². The van der Waals surface area contributed by atoms with Crippen LogP contribution in [0, 0.1) is 5.82 Å². The Labute approximate surface area is 109 Å². The van der Waals surface area contributed by atoms with Crippen LogP contribution >= 0.6 is 0 Å². The molecule has 5 heteroatoms. The first-order valence-electron chi connectivity index (χ1n) is 5.85. The van der Waals surface area contributed by atoms with Crippen LogP contribution in [0.25, 0.3) is 17.3 Å². The fourth-order valence-corrected chi connectivity index (χ4v) is 1.62. The van der Waals surface area contributed by atoms with Crippen LogP contribution in [0.2, 0.25) is 0 Å².